The summed E-state index contributed by atoms with van der Waals surface area (Å²) in [4.78, 5) is 0. The van der Waals surface area contributed by atoms with Crippen molar-refractivity contribution in [2.75, 3.05) is 0 Å². The molecular weight excluding hydrogens is 174 g/mol. The molecule has 0 aliphatic rings. The van der Waals surface area contributed by atoms with Gasteiger partial charge in [0.25, 0.3) is 0 Å². The molecule has 2 nitrogen and oxygen atoms in total. The fourth-order valence-electron chi connectivity index (χ4n) is 1.42. The summed E-state index contributed by atoms with van der Waals surface area (Å²) in [7, 11) is 0. The molecule has 0 aliphatic heterocycles. The molecule has 1 rings (SSSR count). The summed E-state index contributed by atoms with van der Waals surface area (Å²) < 4.78 is 5.85. The third-order valence-corrected chi connectivity index (χ3v) is 2.40. The fraction of sp³-hybridized carbons (Fsp3) is 0.500. The summed E-state index contributed by atoms with van der Waals surface area (Å²) in [5.41, 5.74) is 6.71. The summed E-state index contributed by atoms with van der Waals surface area (Å²) in [6.45, 7) is 4.81. The topological polar surface area (TPSA) is 35.2 Å². The van der Waals surface area contributed by atoms with E-state index in [2.05, 4.69) is 13.8 Å². The van der Waals surface area contributed by atoms with Gasteiger partial charge in [-0.25, -0.2) is 0 Å². The third-order valence-electron chi connectivity index (χ3n) is 2.40. The standard InChI is InChI=1S/C12H19NO/c1-3-11(4-2)14-12-8-6-5-7-10(12)9-13/h5-8,11H,3-4,9,13H2,1-2H3. The van der Waals surface area contributed by atoms with Gasteiger partial charge in [-0.15, -0.1) is 0 Å². The number of hydrogen-bond acceptors (Lipinski definition) is 2. The second kappa shape index (κ2) is 5.66. The molecule has 1 aromatic rings. The molecule has 0 unspecified atom stereocenters. The van der Waals surface area contributed by atoms with E-state index in [-0.39, 0.29) is 0 Å². The zero-order chi connectivity index (χ0) is 10.4. The minimum Gasteiger partial charge on any atom is -0.490 e. The lowest BCUT2D eigenvalue weighted by Crippen LogP contribution is -2.15. The summed E-state index contributed by atoms with van der Waals surface area (Å²) >= 11 is 0. The highest BCUT2D eigenvalue weighted by atomic mass is 16.5. The van der Waals surface area contributed by atoms with Gasteiger partial charge in [0, 0.05) is 12.1 Å². The van der Waals surface area contributed by atoms with Crippen molar-refractivity contribution in [1.82, 2.24) is 0 Å². The highest BCUT2D eigenvalue weighted by Crippen LogP contribution is 2.20. The number of benzene rings is 1. The predicted octanol–water partition coefficient (Wildman–Crippen LogP) is 2.71. The monoisotopic (exact) mass is 193 g/mol. The van der Waals surface area contributed by atoms with Crippen LogP contribution in [0.15, 0.2) is 24.3 Å². The lowest BCUT2D eigenvalue weighted by atomic mass is 10.2. The number of ether oxygens (including phenoxy) is 1. The second-order valence-electron chi connectivity index (χ2n) is 3.37. The first-order chi connectivity index (χ1) is 6.81. The van der Waals surface area contributed by atoms with E-state index < -0.39 is 0 Å². The van der Waals surface area contributed by atoms with Crippen molar-refractivity contribution in [1.29, 1.82) is 0 Å². The lowest BCUT2D eigenvalue weighted by molar-refractivity contribution is 0.191. The van der Waals surface area contributed by atoms with Gasteiger partial charge in [0.2, 0.25) is 0 Å². The van der Waals surface area contributed by atoms with Crippen LogP contribution in [0.4, 0.5) is 0 Å². The third kappa shape index (κ3) is 2.74. The largest absolute Gasteiger partial charge is 0.490 e. The predicted molar refractivity (Wildman–Crippen MR) is 59.3 cm³/mol. The Bertz CT molecular complexity index is 269. The average Bonchev–Trinajstić information content (AvgIpc) is 2.26. The Morgan fingerprint density at radius 3 is 2.43 bits per heavy atom. The molecule has 2 N–H and O–H groups in total. The van der Waals surface area contributed by atoms with Crippen LogP contribution in [-0.2, 0) is 6.54 Å². The van der Waals surface area contributed by atoms with E-state index in [1.165, 1.54) is 0 Å². The summed E-state index contributed by atoms with van der Waals surface area (Å²) in [5.74, 6) is 0.934. The molecule has 0 saturated carbocycles. The maximum atomic E-state index is 5.85. The summed E-state index contributed by atoms with van der Waals surface area (Å²) in [6.07, 6.45) is 2.38. The molecule has 0 aliphatic carbocycles. The fourth-order valence-corrected chi connectivity index (χ4v) is 1.42. The molecule has 0 atom stereocenters. The first-order valence-electron chi connectivity index (χ1n) is 5.26. The first-order valence-corrected chi connectivity index (χ1v) is 5.26. The molecule has 0 fully saturated rings. The maximum Gasteiger partial charge on any atom is 0.124 e. The van der Waals surface area contributed by atoms with E-state index in [1.54, 1.807) is 0 Å². The summed E-state index contributed by atoms with van der Waals surface area (Å²) in [6, 6.07) is 7.97. The van der Waals surface area contributed by atoms with Gasteiger partial charge in [-0.2, -0.15) is 0 Å². The van der Waals surface area contributed by atoms with Crippen molar-refractivity contribution < 1.29 is 4.74 Å². The van der Waals surface area contributed by atoms with Gasteiger partial charge in [-0.1, -0.05) is 32.0 Å². The van der Waals surface area contributed by atoms with E-state index in [1.807, 2.05) is 24.3 Å². The quantitative estimate of drug-likeness (QED) is 0.780. The highest BCUT2D eigenvalue weighted by molar-refractivity contribution is 5.33. The van der Waals surface area contributed by atoms with Gasteiger partial charge in [-0.3, -0.25) is 0 Å². The van der Waals surface area contributed by atoms with Gasteiger partial charge in [-0.05, 0) is 18.9 Å². The van der Waals surface area contributed by atoms with Crippen LogP contribution in [0.5, 0.6) is 5.75 Å². The van der Waals surface area contributed by atoms with Crippen molar-refractivity contribution in [2.24, 2.45) is 5.73 Å². The summed E-state index contributed by atoms with van der Waals surface area (Å²) in [5, 5.41) is 0. The molecule has 2 heteroatoms. The average molecular weight is 193 g/mol. The van der Waals surface area contributed by atoms with Crippen LogP contribution in [0.2, 0.25) is 0 Å². The molecule has 0 radical (unpaired) electrons. The number of nitrogens with two attached hydrogens (primary N) is 1. The Kier molecular flexibility index (Phi) is 4.47. The van der Waals surface area contributed by atoms with E-state index in [4.69, 9.17) is 10.5 Å². The second-order valence-corrected chi connectivity index (χ2v) is 3.37. The Balaban J connectivity index is 2.74. The smallest absolute Gasteiger partial charge is 0.124 e. The molecule has 0 saturated heterocycles. The van der Waals surface area contributed by atoms with Crippen LogP contribution >= 0.6 is 0 Å². The minimum absolute atomic E-state index is 0.308. The van der Waals surface area contributed by atoms with Crippen LogP contribution in [-0.4, -0.2) is 6.10 Å². The van der Waals surface area contributed by atoms with Crippen LogP contribution < -0.4 is 10.5 Å². The molecule has 0 aromatic heterocycles. The van der Waals surface area contributed by atoms with Crippen molar-refractivity contribution in [2.45, 2.75) is 39.3 Å². The van der Waals surface area contributed by atoms with Gasteiger partial charge in [0.05, 0.1) is 6.10 Å². The Labute approximate surface area is 86.1 Å². The van der Waals surface area contributed by atoms with Crippen molar-refractivity contribution in [3.63, 3.8) is 0 Å². The molecule has 0 heterocycles. The van der Waals surface area contributed by atoms with Gasteiger partial charge >= 0.3 is 0 Å². The zero-order valence-electron chi connectivity index (χ0n) is 8.99. The maximum absolute atomic E-state index is 5.85. The van der Waals surface area contributed by atoms with Crippen molar-refractivity contribution >= 4 is 0 Å². The van der Waals surface area contributed by atoms with Crippen LogP contribution in [0.3, 0.4) is 0 Å². The van der Waals surface area contributed by atoms with Crippen LogP contribution in [0.1, 0.15) is 32.3 Å². The minimum atomic E-state index is 0.308. The van der Waals surface area contributed by atoms with Gasteiger partial charge in [0.15, 0.2) is 0 Å². The van der Waals surface area contributed by atoms with E-state index in [0.29, 0.717) is 12.6 Å². The highest BCUT2D eigenvalue weighted by Gasteiger charge is 2.07. The molecule has 1 aromatic carbocycles. The number of rotatable bonds is 5. The van der Waals surface area contributed by atoms with Crippen LogP contribution in [0, 0.1) is 0 Å². The molecule has 0 amide bonds. The van der Waals surface area contributed by atoms with Gasteiger partial charge in [0.1, 0.15) is 5.75 Å². The SMILES string of the molecule is CCC(CC)Oc1ccccc1CN. The van der Waals surface area contributed by atoms with Gasteiger partial charge < -0.3 is 10.5 Å². The molecular formula is C12H19NO. The zero-order valence-corrected chi connectivity index (χ0v) is 8.99. The normalized spacial score (nSPS) is 10.6. The van der Waals surface area contributed by atoms with Crippen molar-refractivity contribution in [3.8, 4) is 5.75 Å². The Morgan fingerprint density at radius 2 is 1.86 bits per heavy atom. The Morgan fingerprint density at radius 1 is 1.21 bits per heavy atom. The number of para-hydroxylation sites is 1. The first kappa shape index (κ1) is 11.1. The van der Waals surface area contributed by atoms with Crippen molar-refractivity contribution in [3.05, 3.63) is 29.8 Å². The van der Waals surface area contributed by atoms with E-state index in [0.717, 1.165) is 24.2 Å². The molecule has 78 valence electrons. The molecule has 0 bridgehead atoms. The molecule has 0 spiro atoms. The van der Waals surface area contributed by atoms with Crippen LogP contribution in [0.25, 0.3) is 0 Å². The lowest BCUT2D eigenvalue weighted by Gasteiger charge is -2.17. The Hall–Kier alpha value is -1.02. The van der Waals surface area contributed by atoms with E-state index >= 15 is 0 Å². The number of hydrogen-bond donors (Lipinski definition) is 1. The van der Waals surface area contributed by atoms with E-state index in [9.17, 15) is 0 Å². The molecule has 14 heavy (non-hydrogen) atoms.